The first-order valence-electron chi connectivity index (χ1n) is 12.1. The number of aromatic nitrogens is 4. The van der Waals surface area contributed by atoms with Crippen molar-refractivity contribution in [1.29, 1.82) is 0 Å². The maximum absolute atomic E-state index is 14.9. The Balaban J connectivity index is 1.35. The molecule has 5 rings (SSSR count). The van der Waals surface area contributed by atoms with Gasteiger partial charge in [0.15, 0.2) is 17.4 Å². The average Bonchev–Trinajstić information content (AvgIpc) is 3.26. The van der Waals surface area contributed by atoms with Crippen molar-refractivity contribution < 1.29 is 13.5 Å². The predicted octanol–water partition coefficient (Wildman–Crippen LogP) is 5.28. The Labute approximate surface area is 199 Å². The summed E-state index contributed by atoms with van der Waals surface area (Å²) in [6, 6.07) is 5.37. The van der Waals surface area contributed by atoms with Crippen LogP contribution in [0.5, 0.6) is 5.75 Å². The van der Waals surface area contributed by atoms with Gasteiger partial charge in [-0.05, 0) is 63.6 Å². The Kier molecular flexibility index (Phi) is 6.23. The van der Waals surface area contributed by atoms with Gasteiger partial charge in [0.25, 0.3) is 0 Å². The van der Waals surface area contributed by atoms with Crippen molar-refractivity contribution in [3.63, 3.8) is 0 Å². The molecular weight excluding hydrogens is 436 g/mol. The van der Waals surface area contributed by atoms with E-state index in [4.69, 9.17) is 4.74 Å². The van der Waals surface area contributed by atoms with E-state index in [1.165, 1.54) is 12.3 Å². The Morgan fingerprint density at radius 1 is 1.12 bits per heavy atom. The minimum atomic E-state index is -0.546. The van der Waals surface area contributed by atoms with E-state index in [0.29, 0.717) is 48.5 Å². The summed E-state index contributed by atoms with van der Waals surface area (Å²) in [4.78, 5) is 10.9. The van der Waals surface area contributed by atoms with Crippen LogP contribution in [0, 0.1) is 17.6 Å². The van der Waals surface area contributed by atoms with Crippen LogP contribution in [0.15, 0.2) is 30.6 Å². The number of anilines is 1. The molecule has 0 N–H and O–H groups in total. The molecule has 2 aromatic heterocycles. The lowest BCUT2D eigenvalue weighted by atomic mass is 9.79. The van der Waals surface area contributed by atoms with E-state index in [-0.39, 0.29) is 17.5 Å². The monoisotopic (exact) mass is 467 g/mol. The molecule has 3 heterocycles. The van der Waals surface area contributed by atoms with Crippen molar-refractivity contribution in [2.75, 3.05) is 18.1 Å². The number of hydrogen-bond donors (Lipinski definition) is 0. The summed E-state index contributed by atoms with van der Waals surface area (Å²) in [5.41, 5.74) is 2.36. The van der Waals surface area contributed by atoms with Crippen LogP contribution in [0.2, 0.25) is 0 Å². The minimum Gasteiger partial charge on any atom is -0.486 e. The molecule has 34 heavy (non-hydrogen) atoms. The van der Waals surface area contributed by atoms with Crippen LogP contribution in [0.25, 0.3) is 11.3 Å². The number of halogens is 2. The fraction of sp³-hybridized carbons (Fsp3) is 0.500. The molecule has 2 aliphatic rings. The summed E-state index contributed by atoms with van der Waals surface area (Å²) in [6.45, 7) is 5.18. The zero-order valence-corrected chi connectivity index (χ0v) is 20.0. The van der Waals surface area contributed by atoms with Gasteiger partial charge >= 0.3 is 0 Å². The molecule has 1 fully saturated rings. The van der Waals surface area contributed by atoms with Crippen LogP contribution in [-0.4, -0.2) is 38.9 Å². The van der Waals surface area contributed by atoms with Crippen LogP contribution in [0.1, 0.15) is 57.0 Å². The number of ether oxygens (including phenoxy) is 1. The molecule has 3 aromatic rings. The van der Waals surface area contributed by atoms with Crippen molar-refractivity contribution in [3.8, 4) is 17.0 Å². The van der Waals surface area contributed by atoms with E-state index in [1.807, 2.05) is 31.8 Å². The van der Waals surface area contributed by atoms with Crippen LogP contribution < -0.4 is 9.64 Å². The Hall–Kier alpha value is -3.03. The van der Waals surface area contributed by atoms with E-state index in [1.54, 1.807) is 6.07 Å². The van der Waals surface area contributed by atoms with E-state index in [9.17, 15) is 8.78 Å². The fourth-order valence-electron chi connectivity index (χ4n) is 5.25. The predicted molar refractivity (Wildman–Crippen MR) is 127 cm³/mol. The topological polar surface area (TPSA) is 56.1 Å². The van der Waals surface area contributed by atoms with Crippen LogP contribution in [0.4, 0.5) is 14.5 Å². The van der Waals surface area contributed by atoms with Gasteiger partial charge in [-0.1, -0.05) is 0 Å². The normalized spacial score (nSPS) is 20.4. The molecule has 1 aliphatic heterocycles. The molecule has 0 atom stereocenters. The number of aryl methyl sites for hydroxylation is 1. The van der Waals surface area contributed by atoms with Gasteiger partial charge in [0.2, 0.25) is 0 Å². The molecule has 1 aromatic carbocycles. The zero-order chi connectivity index (χ0) is 23.8. The van der Waals surface area contributed by atoms with Crippen LogP contribution in [-0.2, 0) is 13.5 Å². The van der Waals surface area contributed by atoms with Gasteiger partial charge < -0.3 is 9.64 Å². The van der Waals surface area contributed by atoms with Gasteiger partial charge in [-0.15, -0.1) is 0 Å². The first-order valence-corrected chi connectivity index (χ1v) is 12.1. The molecule has 6 nitrogen and oxygen atoms in total. The average molecular weight is 468 g/mol. The zero-order valence-electron chi connectivity index (χ0n) is 20.0. The molecule has 180 valence electrons. The van der Waals surface area contributed by atoms with Crippen molar-refractivity contribution in [2.45, 2.75) is 57.9 Å². The van der Waals surface area contributed by atoms with Crippen molar-refractivity contribution in [3.05, 3.63) is 53.7 Å². The number of hydrogen-bond acceptors (Lipinski definition) is 5. The molecule has 0 spiro atoms. The lowest BCUT2D eigenvalue weighted by Crippen LogP contribution is -2.38. The van der Waals surface area contributed by atoms with Gasteiger partial charge in [0.1, 0.15) is 18.1 Å². The molecule has 0 amide bonds. The highest BCUT2D eigenvalue weighted by atomic mass is 19.1. The quantitative estimate of drug-likeness (QED) is 0.511. The first-order chi connectivity index (χ1) is 16.4. The highest BCUT2D eigenvalue weighted by molar-refractivity contribution is 5.72. The van der Waals surface area contributed by atoms with E-state index in [2.05, 4.69) is 26.0 Å². The number of benzene rings is 1. The smallest absolute Gasteiger partial charge is 0.178 e. The first kappa shape index (κ1) is 22.7. The number of nitrogens with zero attached hydrogens (tertiary/aromatic N) is 5. The molecule has 0 saturated heterocycles. The lowest BCUT2D eigenvalue weighted by molar-refractivity contribution is 0.287. The standard InChI is InChI=1S/C26H31F2N5O/c1-16(2)33-10-11-34-26-20(27)13-19(14-23(26)33)25-21(28)15-29-24(30-25)12-17-4-6-18(7-5-17)22-8-9-32(3)31-22/h8-9,13-18H,4-7,10-12H2,1-3H3. The van der Waals surface area contributed by atoms with E-state index >= 15 is 0 Å². The molecule has 8 heteroatoms. The van der Waals surface area contributed by atoms with Gasteiger partial charge in [-0.2, -0.15) is 5.10 Å². The minimum absolute atomic E-state index is 0.142. The van der Waals surface area contributed by atoms with Gasteiger partial charge in [-0.3, -0.25) is 4.68 Å². The highest BCUT2D eigenvalue weighted by Gasteiger charge is 2.27. The second-order valence-electron chi connectivity index (χ2n) is 9.76. The highest BCUT2D eigenvalue weighted by Crippen LogP contribution is 2.40. The maximum Gasteiger partial charge on any atom is 0.178 e. The summed E-state index contributed by atoms with van der Waals surface area (Å²) in [7, 11) is 1.94. The third-order valence-corrected chi connectivity index (χ3v) is 7.07. The van der Waals surface area contributed by atoms with Gasteiger partial charge in [0.05, 0.1) is 24.1 Å². The second kappa shape index (κ2) is 9.31. The Morgan fingerprint density at radius 2 is 1.91 bits per heavy atom. The summed E-state index contributed by atoms with van der Waals surface area (Å²) >= 11 is 0. The van der Waals surface area contributed by atoms with Crippen molar-refractivity contribution in [2.24, 2.45) is 13.0 Å². The maximum atomic E-state index is 14.9. The largest absolute Gasteiger partial charge is 0.486 e. The SMILES string of the molecule is CC(C)N1CCOc2c(F)cc(-c3nc(CC4CCC(c5ccn(C)n5)CC4)ncc3F)cc21. The second-order valence-corrected chi connectivity index (χ2v) is 9.76. The summed E-state index contributed by atoms with van der Waals surface area (Å²) < 4.78 is 37.1. The third kappa shape index (κ3) is 4.50. The van der Waals surface area contributed by atoms with Crippen molar-refractivity contribution in [1.82, 2.24) is 19.7 Å². The molecule has 1 saturated carbocycles. The Morgan fingerprint density at radius 3 is 2.62 bits per heavy atom. The third-order valence-electron chi connectivity index (χ3n) is 7.07. The summed E-state index contributed by atoms with van der Waals surface area (Å²) in [5.74, 6) is 0.728. The molecule has 1 aliphatic carbocycles. The molecule has 0 unspecified atom stereocenters. The van der Waals surface area contributed by atoms with E-state index in [0.717, 1.165) is 31.4 Å². The van der Waals surface area contributed by atoms with Crippen LogP contribution >= 0.6 is 0 Å². The van der Waals surface area contributed by atoms with Crippen molar-refractivity contribution >= 4 is 5.69 Å². The Bertz CT molecular complexity index is 1170. The summed E-state index contributed by atoms with van der Waals surface area (Å²) in [6.07, 6.45) is 8.18. The van der Waals surface area contributed by atoms with Gasteiger partial charge in [-0.25, -0.2) is 18.7 Å². The van der Waals surface area contributed by atoms with Gasteiger partial charge in [0, 0.05) is 37.2 Å². The fourth-order valence-corrected chi connectivity index (χ4v) is 5.25. The number of rotatable bonds is 5. The molecular formula is C26H31F2N5O. The number of fused-ring (bicyclic) bond motifs is 1. The van der Waals surface area contributed by atoms with E-state index < -0.39 is 11.6 Å². The molecule has 0 bridgehead atoms. The lowest BCUT2D eigenvalue weighted by Gasteiger charge is -2.34. The molecule has 0 radical (unpaired) electrons. The van der Waals surface area contributed by atoms with Crippen LogP contribution in [0.3, 0.4) is 0 Å². The summed E-state index contributed by atoms with van der Waals surface area (Å²) in [5, 5.41) is 4.56.